The van der Waals surface area contributed by atoms with Gasteiger partial charge in [-0.05, 0) is 92.3 Å². The van der Waals surface area contributed by atoms with Crippen molar-refractivity contribution in [2.75, 3.05) is 0 Å². The first-order valence-corrected chi connectivity index (χ1v) is 13.1. The van der Waals surface area contributed by atoms with Crippen molar-refractivity contribution >= 4 is 43.1 Å². The first-order chi connectivity index (χ1) is 20.6. The molecule has 0 N–H and O–H groups in total. The van der Waals surface area contributed by atoms with Gasteiger partial charge < -0.3 is 0 Å². The predicted octanol–water partition coefficient (Wildman–Crippen LogP) is 7.02. The summed E-state index contributed by atoms with van der Waals surface area (Å²) in [6, 6.07) is 35.3. The van der Waals surface area contributed by atoms with Gasteiger partial charge in [0.05, 0.1) is 34.0 Å². The Morgan fingerprint density at radius 2 is 0.786 bits per heavy atom. The number of benzene rings is 5. The molecule has 6 nitrogen and oxygen atoms in total. The maximum Gasteiger partial charge on any atom is 0.206 e. The number of hydrogen-bond acceptors (Lipinski definition) is 6. The minimum atomic E-state index is 0.572. The normalized spacial score (nSPS) is 12.0. The molecule has 190 valence electrons. The minimum Gasteiger partial charge on any atom is -0.192 e. The SMILES string of the molecule is N#C/N=c1\c2cc(-c3cccc(C#N)c3)ccc2c2cc3/c(=N/C#N)c4cc(-c5cccc(C#N)c5)ccc4c3cc12. The molecule has 7 rings (SSSR count). The van der Waals surface area contributed by atoms with E-state index in [2.05, 4.69) is 22.1 Å². The van der Waals surface area contributed by atoms with Gasteiger partial charge in [-0.1, -0.05) is 48.5 Å². The van der Waals surface area contributed by atoms with E-state index in [1.54, 1.807) is 12.1 Å². The van der Waals surface area contributed by atoms with Crippen LogP contribution in [-0.2, 0) is 0 Å². The van der Waals surface area contributed by atoms with Gasteiger partial charge in [-0.3, -0.25) is 0 Å². The molecule has 6 heteroatoms. The van der Waals surface area contributed by atoms with E-state index in [0.717, 1.165) is 65.3 Å². The van der Waals surface area contributed by atoms with Gasteiger partial charge in [0.2, 0.25) is 12.4 Å². The molecule has 0 radical (unpaired) electrons. The number of nitriles is 4. The standard InChI is InChI=1S/C36H16N6/c37-17-21-3-1-5-23(11-21)25-7-9-27-29-15-34-30(16-33(29)35(41-19-39)31(27)13-25)28-10-8-26(14-32(28)36(34)42-20-40)24-6-2-4-22(12-24)18-38/h1-16H/b41-35+,42-36+. The first kappa shape index (κ1) is 24.4. The Morgan fingerprint density at radius 3 is 1.19 bits per heavy atom. The zero-order valence-corrected chi connectivity index (χ0v) is 21.9. The lowest BCUT2D eigenvalue weighted by Crippen LogP contribution is -1.99. The van der Waals surface area contributed by atoms with Crippen molar-refractivity contribution in [3.05, 3.63) is 119 Å². The Hall–Kier alpha value is -6.60. The molecule has 0 atom stereocenters. The fraction of sp³-hybridized carbons (Fsp3) is 0. The van der Waals surface area contributed by atoms with E-state index in [-0.39, 0.29) is 0 Å². The highest BCUT2D eigenvalue weighted by Gasteiger charge is 2.17. The van der Waals surface area contributed by atoms with Crippen LogP contribution in [0, 0.1) is 45.6 Å². The van der Waals surface area contributed by atoms with Crippen LogP contribution < -0.4 is 10.7 Å². The molecule has 0 fully saturated rings. The summed E-state index contributed by atoms with van der Waals surface area (Å²) in [7, 11) is 0. The van der Waals surface area contributed by atoms with Gasteiger partial charge in [0.1, 0.15) is 0 Å². The molecule has 0 saturated heterocycles. The monoisotopic (exact) mass is 532 g/mol. The lowest BCUT2D eigenvalue weighted by molar-refractivity contribution is 1.37. The third-order valence-electron chi connectivity index (χ3n) is 7.77. The summed E-state index contributed by atoms with van der Waals surface area (Å²) in [5.74, 6) is 0. The van der Waals surface area contributed by atoms with E-state index in [0.29, 0.717) is 21.8 Å². The Bertz CT molecular complexity index is 2390. The molecule has 42 heavy (non-hydrogen) atoms. The lowest BCUT2D eigenvalue weighted by atomic mass is 10.0. The highest BCUT2D eigenvalue weighted by Crippen LogP contribution is 2.35. The maximum absolute atomic E-state index is 9.62. The van der Waals surface area contributed by atoms with E-state index < -0.39 is 0 Å². The van der Waals surface area contributed by atoms with Crippen LogP contribution in [0.2, 0.25) is 0 Å². The molecule has 0 spiro atoms. The Kier molecular flexibility index (Phi) is 5.56. The second kappa shape index (κ2) is 9.55. The minimum absolute atomic E-state index is 0.572. The van der Waals surface area contributed by atoms with Gasteiger partial charge in [0, 0.05) is 21.5 Å². The quantitative estimate of drug-likeness (QED) is 0.222. The molecule has 0 aliphatic rings. The van der Waals surface area contributed by atoms with Crippen LogP contribution in [0.15, 0.2) is 107 Å². The van der Waals surface area contributed by atoms with Gasteiger partial charge in [0.15, 0.2) is 0 Å². The maximum atomic E-state index is 9.62. The highest BCUT2D eigenvalue weighted by molar-refractivity contribution is 6.21. The molecular formula is C36H16N6. The average Bonchev–Trinajstić information content (AvgIpc) is 3.51. The molecule has 0 unspecified atom stereocenters. The smallest absolute Gasteiger partial charge is 0.192 e. The molecule has 0 heterocycles. The number of nitrogens with zero attached hydrogens (tertiary/aromatic N) is 6. The van der Waals surface area contributed by atoms with Crippen LogP contribution in [0.3, 0.4) is 0 Å². The van der Waals surface area contributed by atoms with Crippen molar-refractivity contribution in [3.8, 4) is 46.8 Å². The summed E-state index contributed by atoms with van der Waals surface area (Å²) < 4.78 is 0. The summed E-state index contributed by atoms with van der Waals surface area (Å²) in [6.45, 7) is 0. The van der Waals surface area contributed by atoms with Crippen molar-refractivity contribution in [2.45, 2.75) is 0 Å². The number of rotatable bonds is 2. The van der Waals surface area contributed by atoms with Gasteiger partial charge in [0.25, 0.3) is 0 Å². The van der Waals surface area contributed by atoms with Crippen molar-refractivity contribution in [3.63, 3.8) is 0 Å². The Labute approximate surface area is 239 Å². The molecule has 0 aliphatic carbocycles. The number of fused-ring (bicyclic) bond motifs is 6. The lowest BCUT2D eigenvalue weighted by Gasteiger charge is -2.03. The third kappa shape index (κ3) is 3.70. The number of hydrogen-bond donors (Lipinski definition) is 0. The van der Waals surface area contributed by atoms with Gasteiger partial charge in [-0.25, -0.2) is 0 Å². The molecule has 7 aromatic rings. The fourth-order valence-electron chi connectivity index (χ4n) is 5.91. The van der Waals surface area contributed by atoms with Crippen LogP contribution >= 0.6 is 0 Å². The zero-order valence-electron chi connectivity index (χ0n) is 21.9. The van der Waals surface area contributed by atoms with Gasteiger partial charge in [-0.2, -0.15) is 31.0 Å². The van der Waals surface area contributed by atoms with Crippen molar-refractivity contribution in [1.82, 2.24) is 0 Å². The fourth-order valence-corrected chi connectivity index (χ4v) is 5.91. The van der Waals surface area contributed by atoms with Crippen LogP contribution in [0.1, 0.15) is 11.1 Å². The second-order valence-corrected chi connectivity index (χ2v) is 9.97. The zero-order chi connectivity index (χ0) is 28.8. The molecule has 0 saturated carbocycles. The molecule has 7 aromatic carbocycles. The second-order valence-electron chi connectivity index (χ2n) is 9.97. The predicted molar refractivity (Wildman–Crippen MR) is 161 cm³/mol. The molecule has 0 aliphatic heterocycles. The topological polar surface area (TPSA) is 120 Å². The van der Waals surface area contributed by atoms with Crippen molar-refractivity contribution in [2.24, 2.45) is 9.98 Å². The highest BCUT2D eigenvalue weighted by atomic mass is 14.7. The Balaban J connectivity index is 1.53. The molecular weight excluding hydrogens is 516 g/mol. The van der Waals surface area contributed by atoms with E-state index in [1.165, 1.54) is 0 Å². The summed E-state index contributed by atoms with van der Waals surface area (Å²) in [4.78, 5) is 8.49. The van der Waals surface area contributed by atoms with E-state index in [9.17, 15) is 21.0 Å². The third-order valence-corrected chi connectivity index (χ3v) is 7.77. The summed E-state index contributed by atoms with van der Waals surface area (Å²) in [5, 5.41) is 46.2. The molecule has 0 aromatic heterocycles. The Morgan fingerprint density at radius 1 is 0.381 bits per heavy atom. The first-order valence-electron chi connectivity index (χ1n) is 13.1. The summed E-state index contributed by atoms with van der Waals surface area (Å²) in [6.07, 6.45) is 3.95. The van der Waals surface area contributed by atoms with Crippen molar-refractivity contribution in [1.29, 1.82) is 21.0 Å². The van der Waals surface area contributed by atoms with E-state index in [4.69, 9.17) is 0 Å². The van der Waals surface area contributed by atoms with Gasteiger partial charge in [-0.15, -0.1) is 0 Å². The summed E-state index contributed by atoms with van der Waals surface area (Å²) >= 11 is 0. The van der Waals surface area contributed by atoms with Gasteiger partial charge >= 0.3 is 0 Å². The summed E-state index contributed by atoms with van der Waals surface area (Å²) in [5.41, 5.74) is 4.79. The van der Waals surface area contributed by atoms with Crippen LogP contribution in [-0.4, -0.2) is 0 Å². The van der Waals surface area contributed by atoms with Crippen molar-refractivity contribution < 1.29 is 0 Å². The molecule has 0 bridgehead atoms. The van der Waals surface area contributed by atoms with E-state index >= 15 is 0 Å². The van der Waals surface area contributed by atoms with Crippen LogP contribution in [0.25, 0.3) is 65.3 Å². The largest absolute Gasteiger partial charge is 0.206 e. The molecule has 0 amide bonds. The van der Waals surface area contributed by atoms with Crippen LogP contribution in [0.4, 0.5) is 0 Å². The van der Waals surface area contributed by atoms with Crippen LogP contribution in [0.5, 0.6) is 0 Å². The van der Waals surface area contributed by atoms with E-state index in [1.807, 2.05) is 97.3 Å². The average molecular weight is 533 g/mol.